The zero-order chi connectivity index (χ0) is 15.4. The van der Waals surface area contributed by atoms with Crippen LogP contribution in [0.15, 0.2) is 42.6 Å². The molecule has 1 aromatic carbocycles. The molecular formula is C17H17N3O2. The van der Waals surface area contributed by atoms with E-state index in [1.54, 1.807) is 18.2 Å². The van der Waals surface area contributed by atoms with Gasteiger partial charge in [0, 0.05) is 17.8 Å². The SMILES string of the molecule is COc1ccc(-c2ccc(COC3CN(C#N)C3)cc2)cn1. The second-order valence-corrected chi connectivity index (χ2v) is 5.22. The Bertz CT molecular complexity index is 656. The van der Waals surface area contributed by atoms with Crippen LogP contribution < -0.4 is 4.74 Å². The Balaban J connectivity index is 1.57. The number of nitriles is 1. The number of hydrogen-bond donors (Lipinski definition) is 0. The van der Waals surface area contributed by atoms with Gasteiger partial charge in [-0.15, -0.1) is 0 Å². The predicted molar refractivity (Wildman–Crippen MR) is 82.0 cm³/mol. The molecule has 0 N–H and O–H groups in total. The van der Waals surface area contributed by atoms with Crippen molar-refractivity contribution in [3.05, 3.63) is 48.2 Å². The van der Waals surface area contributed by atoms with Crippen molar-refractivity contribution in [3.63, 3.8) is 0 Å². The van der Waals surface area contributed by atoms with Gasteiger partial charge in [0.2, 0.25) is 5.88 Å². The van der Waals surface area contributed by atoms with Gasteiger partial charge in [-0.2, -0.15) is 5.26 Å². The van der Waals surface area contributed by atoms with Crippen LogP contribution in [-0.4, -0.2) is 36.2 Å². The molecule has 0 aliphatic carbocycles. The van der Waals surface area contributed by atoms with E-state index in [1.807, 2.05) is 12.1 Å². The van der Waals surface area contributed by atoms with E-state index in [-0.39, 0.29) is 6.10 Å². The van der Waals surface area contributed by atoms with Gasteiger partial charge in [-0.25, -0.2) is 4.98 Å². The van der Waals surface area contributed by atoms with Crippen LogP contribution in [0.3, 0.4) is 0 Å². The van der Waals surface area contributed by atoms with E-state index in [1.165, 1.54) is 0 Å². The summed E-state index contributed by atoms with van der Waals surface area (Å²) in [6.45, 7) is 1.98. The van der Waals surface area contributed by atoms with Crippen LogP contribution in [0.2, 0.25) is 0 Å². The second-order valence-electron chi connectivity index (χ2n) is 5.22. The molecule has 1 aliphatic rings. The molecule has 1 fully saturated rings. The van der Waals surface area contributed by atoms with Gasteiger partial charge in [0.05, 0.1) is 32.9 Å². The first-order valence-electron chi connectivity index (χ1n) is 7.14. The summed E-state index contributed by atoms with van der Waals surface area (Å²) in [5.41, 5.74) is 3.29. The summed E-state index contributed by atoms with van der Waals surface area (Å²) < 4.78 is 10.8. The molecule has 0 unspecified atom stereocenters. The summed E-state index contributed by atoms with van der Waals surface area (Å²) in [6.07, 6.45) is 4.07. The highest BCUT2D eigenvalue weighted by molar-refractivity contribution is 5.62. The van der Waals surface area contributed by atoms with Gasteiger partial charge in [-0.05, 0) is 17.2 Å². The summed E-state index contributed by atoms with van der Waals surface area (Å²) in [5, 5.41) is 8.67. The number of ether oxygens (including phenoxy) is 2. The Morgan fingerprint density at radius 2 is 1.91 bits per heavy atom. The molecular weight excluding hydrogens is 278 g/mol. The zero-order valence-electron chi connectivity index (χ0n) is 12.4. The first-order chi connectivity index (χ1) is 10.8. The standard InChI is InChI=1S/C17H17N3O2/c1-21-17-7-6-15(8-19-17)14-4-2-13(3-5-14)11-22-16-9-20(10-16)12-18/h2-8,16H,9-11H2,1H3. The molecule has 2 heterocycles. The van der Waals surface area contributed by atoms with Crippen LogP contribution >= 0.6 is 0 Å². The molecule has 0 amide bonds. The van der Waals surface area contributed by atoms with Gasteiger partial charge >= 0.3 is 0 Å². The Labute approximate surface area is 129 Å². The van der Waals surface area contributed by atoms with E-state index in [9.17, 15) is 0 Å². The van der Waals surface area contributed by atoms with Crippen molar-refractivity contribution >= 4 is 0 Å². The Hall–Kier alpha value is -2.58. The minimum atomic E-state index is 0.171. The maximum atomic E-state index is 8.67. The van der Waals surface area contributed by atoms with Gasteiger partial charge < -0.3 is 14.4 Å². The molecule has 5 nitrogen and oxygen atoms in total. The third-order valence-corrected chi connectivity index (χ3v) is 3.71. The van der Waals surface area contributed by atoms with Gasteiger partial charge in [-0.3, -0.25) is 0 Å². The van der Waals surface area contributed by atoms with Gasteiger partial charge in [0.1, 0.15) is 0 Å². The average molecular weight is 295 g/mol. The predicted octanol–water partition coefficient (Wildman–Crippen LogP) is 2.44. The van der Waals surface area contributed by atoms with Crippen LogP contribution in [0, 0.1) is 11.5 Å². The third-order valence-electron chi connectivity index (χ3n) is 3.71. The summed E-state index contributed by atoms with van der Waals surface area (Å²) in [5.74, 6) is 0.612. The van der Waals surface area contributed by atoms with Crippen LogP contribution in [0.4, 0.5) is 0 Å². The van der Waals surface area contributed by atoms with Crippen molar-refractivity contribution in [2.24, 2.45) is 0 Å². The molecule has 112 valence electrons. The van der Waals surface area contributed by atoms with Crippen molar-refractivity contribution < 1.29 is 9.47 Å². The molecule has 2 aromatic rings. The van der Waals surface area contributed by atoms with Crippen LogP contribution in [-0.2, 0) is 11.3 Å². The highest BCUT2D eigenvalue weighted by Crippen LogP contribution is 2.21. The number of rotatable bonds is 5. The first kappa shape index (κ1) is 14.4. The minimum absolute atomic E-state index is 0.171. The topological polar surface area (TPSA) is 58.4 Å². The lowest BCUT2D eigenvalue weighted by molar-refractivity contribution is -0.0400. The first-order valence-corrected chi connectivity index (χ1v) is 7.14. The molecule has 1 aromatic heterocycles. The third kappa shape index (κ3) is 3.18. The summed E-state index contributed by atoms with van der Waals surface area (Å²) in [7, 11) is 1.61. The molecule has 0 bridgehead atoms. The lowest BCUT2D eigenvalue weighted by Gasteiger charge is -2.34. The van der Waals surface area contributed by atoms with E-state index in [0.29, 0.717) is 25.6 Å². The maximum absolute atomic E-state index is 8.67. The maximum Gasteiger partial charge on any atom is 0.212 e. The molecule has 0 atom stereocenters. The fourth-order valence-electron chi connectivity index (χ4n) is 2.30. The van der Waals surface area contributed by atoms with Gasteiger partial charge in [0.25, 0.3) is 0 Å². The van der Waals surface area contributed by atoms with Crippen LogP contribution in [0.5, 0.6) is 5.88 Å². The van der Waals surface area contributed by atoms with E-state index in [4.69, 9.17) is 14.7 Å². The number of methoxy groups -OCH3 is 1. The number of benzene rings is 1. The molecule has 0 radical (unpaired) electrons. The lowest BCUT2D eigenvalue weighted by Crippen LogP contribution is -2.49. The molecule has 3 rings (SSSR count). The van der Waals surface area contributed by atoms with Crippen molar-refractivity contribution in [2.45, 2.75) is 12.7 Å². The lowest BCUT2D eigenvalue weighted by atomic mass is 10.1. The number of nitrogens with zero attached hydrogens (tertiary/aromatic N) is 3. The summed E-state index contributed by atoms with van der Waals surface area (Å²) in [4.78, 5) is 5.90. The Morgan fingerprint density at radius 1 is 1.18 bits per heavy atom. The second kappa shape index (κ2) is 6.46. The highest BCUT2D eigenvalue weighted by atomic mass is 16.5. The number of likely N-dealkylation sites (tertiary alicyclic amines) is 1. The molecule has 5 heteroatoms. The van der Waals surface area contributed by atoms with E-state index in [2.05, 4.69) is 35.4 Å². The smallest absolute Gasteiger partial charge is 0.212 e. The van der Waals surface area contributed by atoms with E-state index in [0.717, 1.165) is 16.7 Å². The molecule has 22 heavy (non-hydrogen) atoms. The Morgan fingerprint density at radius 3 is 2.50 bits per heavy atom. The molecule has 0 spiro atoms. The zero-order valence-corrected chi connectivity index (χ0v) is 12.4. The minimum Gasteiger partial charge on any atom is -0.481 e. The largest absolute Gasteiger partial charge is 0.481 e. The van der Waals surface area contributed by atoms with Gasteiger partial charge in [-0.1, -0.05) is 24.3 Å². The molecule has 1 saturated heterocycles. The number of hydrogen-bond acceptors (Lipinski definition) is 5. The summed E-state index contributed by atoms with van der Waals surface area (Å²) >= 11 is 0. The van der Waals surface area contributed by atoms with Crippen molar-refractivity contribution in [1.82, 2.24) is 9.88 Å². The van der Waals surface area contributed by atoms with E-state index < -0.39 is 0 Å². The quantitative estimate of drug-likeness (QED) is 0.793. The number of pyridine rings is 1. The fourth-order valence-corrected chi connectivity index (χ4v) is 2.30. The van der Waals surface area contributed by atoms with Crippen LogP contribution in [0.1, 0.15) is 5.56 Å². The molecule has 1 aliphatic heterocycles. The normalized spacial score (nSPS) is 14.3. The van der Waals surface area contributed by atoms with Crippen LogP contribution in [0.25, 0.3) is 11.1 Å². The van der Waals surface area contributed by atoms with Crippen molar-refractivity contribution in [3.8, 4) is 23.2 Å². The van der Waals surface area contributed by atoms with Gasteiger partial charge in [0.15, 0.2) is 6.19 Å². The summed E-state index contributed by atoms with van der Waals surface area (Å²) in [6, 6.07) is 12.1. The Kier molecular flexibility index (Phi) is 4.22. The molecule has 0 saturated carbocycles. The number of aromatic nitrogens is 1. The monoisotopic (exact) mass is 295 g/mol. The van der Waals surface area contributed by atoms with E-state index >= 15 is 0 Å². The van der Waals surface area contributed by atoms with Crippen molar-refractivity contribution in [2.75, 3.05) is 20.2 Å². The van der Waals surface area contributed by atoms with Crippen molar-refractivity contribution in [1.29, 1.82) is 5.26 Å². The highest BCUT2D eigenvalue weighted by Gasteiger charge is 2.26. The average Bonchev–Trinajstić information content (AvgIpc) is 2.54. The fraction of sp³-hybridized carbons (Fsp3) is 0.294.